The van der Waals surface area contributed by atoms with E-state index in [1.165, 1.54) is 11.1 Å². The maximum atomic E-state index is 12.4. The highest BCUT2D eigenvalue weighted by Gasteiger charge is 2.18. The van der Waals surface area contributed by atoms with Gasteiger partial charge in [-0.1, -0.05) is 13.8 Å². The van der Waals surface area contributed by atoms with Crippen LogP contribution in [0.5, 0.6) is 0 Å². The third-order valence-corrected chi connectivity index (χ3v) is 4.40. The topological polar surface area (TPSA) is 59.5 Å². The van der Waals surface area contributed by atoms with E-state index in [9.17, 15) is 4.79 Å². The van der Waals surface area contributed by atoms with Gasteiger partial charge in [-0.3, -0.25) is 4.79 Å². The smallest absolute Gasteiger partial charge is 0.227 e. The van der Waals surface area contributed by atoms with E-state index in [0.717, 1.165) is 16.5 Å². The Morgan fingerprint density at radius 3 is 2.59 bits per heavy atom. The van der Waals surface area contributed by atoms with Crippen molar-refractivity contribution in [3.05, 3.63) is 35.1 Å². The van der Waals surface area contributed by atoms with Crippen molar-refractivity contribution in [3.63, 3.8) is 0 Å². The van der Waals surface area contributed by atoms with Crippen molar-refractivity contribution in [1.82, 2.24) is 4.90 Å². The van der Waals surface area contributed by atoms with Gasteiger partial charge in [-0.25, -0.2) is 0 Å². The molecule has 4 heteroatoms. The van der Waals surface area contributed by atoms with E-state index in [0.29, 0.717) is 18.9 Å². The molecule has 0 spiro atoms. The minimum absolute atomic E-state index is 0.0409. The lowest BCUT2D eigenvalue weighted by Crippen LogP contribution is -2.40. The summed E-state index contributed by atoms with van der Waals surface area (Å²) in [5, 5.41) is 1.04. The van der Waals surface area contributed by atoms with Crippen LogP contribution in [0.15, 0.2) is 22.8 Å². The molecule has 0 aliphatic heterocycles. The van der Waals surface area contributed by atoms with Gasteiger partial charge in [0, 0.05) is 30.6 Å². The summed E-state index contributed by atoms with van der Waals surface area (Å²) in [6.45, 7) is 8.86. The molecule has 1 atom stereocenters. The van der Waals surface area contributed by atoms with Crippen LogP contribution < -0.4 is 5.73 Å². The molecule has 1 unspecified atom stereocenters. The number of aryl methyl sites for hydroxylation is 1. The van der Waals surface area contributed by atoms with Gasteiger partial charge in [0.15, 0.2) is 0 Å². The molecule has 0 bridgehead atoms. The van der Waals surface area contributed by atoms with Crippen molar-refractivity contribution in [2.24, 2.45) is 5.73 Å². The summed E-state index contributed by atoms with van der Waals surface area (Å²) in [6, 6.07) is 4.26. The van der Waals surface area contributed by atoms with Gasteiger partial charge in [0.1, 0.15) is 5.58 Å². The first-order valence-corrected chi connectivity index (χ1v) is 7.81. The minimum Gasteiger partial charge on any atom is -0.464 e. The highest BCUT2D eigenvalue weighted by atomic mass is 16.3. The molecule has 22 heavy (non-hydrogen) atoms. The highest BCUT2D eigenvalue weighted by molar-refractivity contribution is 5.88. The molecule has 0 aliphatic rings. The largest absolute Gasteiger partial charge is 0.464 e. The number of furan rings is 1. The van der Waals surface area contributed by atoms with E-state index in [-0.39, 0.29) is 11.9 Å². The van der Waals surface area contributed by atoms with E-state index in [2.05, 4.69) is 32.9 Å². The summed E-state index contributed by atoms with van der Waals surface area (Å²) in [7, 11) is 1.80. The number of likely N-dealkylation sites (N-methyl/N-ethyl adjacent to an activating group) is 1. The molecule has 1 aromatic heterocycles. The Morgan fingerprint density at radius 1 is 1.32 bits per heavy atom. The SMILES string of the molecule is Cc1cc2occ(CC(=O)N(C)C(C)CN)c2cc1C(C)C. The zero-order chi connectivity index (χ0) is 16.4. The summed E-state index contributed by atoms with van der Waals surface area (Å²) >= 11 is 0. The van der Waals surface area contributed by atoms with Crippen LogP contribution in [0.4, 0.5) is 0 Å². The summed E-state index contributed by atoms with van der Waals surface area (Å²) in [5.74, 6) is 0.509. The first-order valence-electron chi connectivity index (χ1n) is 7.81. The summed E-state index contributed by atoms with van der Waals surface area (Å²) < 4.78 is 5.64. The molecular weight excluding hydrogens is 276 g/mol. The summed E-state index contributed by atoms with van der Waals surface area (Å²) in [5.41, 5.74) is 9.94. The van der Waals surface area contributed by atoms with Crippen molar-refractivity contribution in [2.75, 3.05) is 13.6 Å². The third kappa shape index (κ3) is 3.17. The van der Waals surface area contributed by atoms with Gasteiger partial charge < -0.3 is 15.1 Å². The molecule has 0 saturated carbocycles. The third-order valence-electron chi connectivity index (χ3n) is 4.40. The normalized spacial score (nSPS) is 12.9. The molecule has 120 valence electrons. The predicted octanol–water partition coefficient (Wildman–Crippen LogP) is 3.21. The van der Waals surface area contributed by atoms with Crippen molar-refractivity contribution in [2.45, 2.75) is 46.1 Å². The molecule has 0 fully saturated rings. The van der Waals surface area contributed by atoms with Crippen LogP contribution in [-0.2, 0) is 11.2 Å². The number of nitrogens with two attached hydrogens (primary N) is 1. The number of carbonyl (C=O) groups excluding carboxylic acids is 1. The number of rotatable bonds is 5. The Morgan fingerprint density at radius 2 is 2.00 bits per heavy atom. The van der Waals surface area contributed by atoms with Gasteiger partial charge in [0.25, 0.3) is 0 Å². The van der Waals surface area contributed by atoms with Gasteiger partial charge in [-0.2, -0.15) is 0 Å². The lowest BCUT2D eigenvalue weighted by atomic mass is 9.95. The van der Waals surface area contributed by atoms with Crippen molar-refractivity contribution < 1.29 is 9.21 Å². The molecule has 0 radical (unpaired) electrons. The van der Waals surface area contributed by atoms with Gasteiger partial charge in [0.2, 0.25) is 5.91 Å². The number of nitrogens with zero attached hydrogens (tertiary/aromatic N) is 1. The average molecular weight is 302 g/mol. The highest BCUT2D eigenvalue weighted by Crippen LogP contribution is 2.29. The maximum Gasteiger partial charge on any atom is 0.227 e. The van der Waals surface area contributed by atoms with E-state index < -0.39 is 0 Å². The Bertz CT molecular complexity index is 673. The molecule has 2 aromatic rings. The molecule has 1 heterocycles. The second kappa shape index (κ2) is 6.53. The predicted molar refractivity (Wildman–Crippen MR) is 90.0 cm³/mol. The Kier molecular flexibility index (Phi) is 4.91. The van der Waals surface area contributed by atoms with Crippen LogP contribution in [0.1, 0.15) is 43.4 Å². The maximum absolute atomic E-state index is 12.4. The standard InChI is InChI=1S/C18H26N2O2/c1-11(2)15-8-16-14(10-22-17(16)6-12(15)3)7-18(21)20(5)13(4)9-19/h6,8,10-11,13H,7,9,19H2,1-5H3. The number of benzene rings is 1. The first kappa shape index (κ1) is 16.6. The first-order chi connectivity index (χ1) is 10.3. The Hall–Kier alpha value is -1.81. The van der Waals surface area contributed by atoms with E-state index in [1.54, 1.807) is 18.2 Å². The lowest BCUT2D eigenvalue weighted by Gasteiger charge is -2.23. The molecule has 2 rings (SSSR count). The van der Waals surface area contributed by atoms with Crippen LogP contribution in [0.3, 0.4) is 0 Å². The van der Waals surface area contributed by atoms with Crippen LogP contribution in [0.2, 0.25) is 0 Å². The molecule has 4 nitrogen and oxygen atoms in total. The lowest BCUT2D eigenvalue weighted by molar-refractivity contribution is -0.130. The number of fused-ring (bicyclic) bond motifs is 1. The summed E-state index contributed by atoms with van der Waals surface area (Å²) in [6.07, 6.45) is 2.04. The molecule has 1 aromatic carbocycles. The second-order valence-electron chi connectivity index (χ2n) is 6.39. The fourth-order valence-electron chi connectivity index (χ4n) is 2.70. The number of hydrogen-bond acceptors (Lipinski definition) is 3. The number of amides is 1. The van der Waals surface area contributed by atoms with Crippen molar-refractivity contribution in [3.8, 4) is 0 Å². The number of hydrogen-bond donors (Lipinski definition) is 1. The summed E-state index contributed by atoms with van der Waals surface area (Å²) in [4.78, 5) is 14.1. The fourth-order valence-corrected chi connectivity index (χ4v) is 2.70. The van der Waals surface area contributed by atoms with Gasteiger partial charge in [-0.05, 0) is 43.0 Å². The second-order valence-corrected chi connectivity index (χ2v) is 6.39. The molecular formula is C18H26N2O2. The van der Waals surface area contributed by atoms with Crippen molar-refractivity contribution in [1.29, 1.82) is 0 Å². The van der Waals surface area contributed by atoms with Crippen LogP contribution in [0.25, 0.3) is 11.0 Å². The Balaban J connectivity index is 2.32. The molecule has 0 saturated heterocycles. The van der Waals surface area contributed by atoms with Gasteiger partial charge >= 0.3 is 0 Å². The minimum atomic E-state index is 0.0409. The monoisotopic (exact) mass is 302 g/mol. The van der Waals surface area contributed by atoms with E-state index in [4.69, 9.17) is 10.2 Å². The molecule has 0 aliphatic carbocycles. The van der Waals surface area contributed by atoms with Crippen molar-refractivity contribution >= 4 is 16.9 Å². The average Bonchev–Trinajstić information content (AvgIpc) is 2.86. The van der Waals surface area contributed by atoms with Crippen LogP contribution in [-0.4, -0.2) is 30.4 Å². The Labute approximate surface area is 132 Å². The van der Waals surface area contributed by atoms with Gasteiger partial charge in [0.05, 0.1) is 12.7 Å². The number of carbonyl (C=O) groups is 1. The zero-order valence-electron chi connectivity index (χ0n) is 14.1. The van der Waals surface area contributed by atoms with Crippen LogP contribution in [0, 0.1) is 6.92 Å². The van der Waals surface area contributed by atoms with Gasteiger partial charge in [-0.15, -0.1) is 0 Å². The van der Waals surface area contributed by atoms with Crippen LogP contribution >= 0.6 is 0 Å². The van der Waals surface area contributed by atoms with E-state index in [1.807, 2.05) is 6.92 Å². The molecule has 2 N–H and O–H groups in total. The van der Waals surface area contributed by atoms with E-state index >= 15 is 0 Å². The quantitative estimate of drug-likeness (QED) is 0.922. The molecule has 1 amide bonds. The zero-order valence-corrected chi connectivity index (χ0v) is 14.1. The fraction of sp³-hybridized carbons (Fsp3) is 0.500.